The summed E-state index contributed by atoms with van der Waals surface area (Å²) in [4.78, 5) is 30.7. The third kappa shape index (κ3) is 4.60. The van der Waals surface area contributed by atoms with Crippen molar-refractivity contribution in [2.45, 2.75) is 45.2 Å². The zero-order chi connectivity index (χ0) is 17.5. The van der Waals surface area contributed by atoms with E-state index in [0.29, 0.717) is 19.2 Å². The second-order valence-electron chi connectivity index (χ2n) is 6.64. The molecule has 7 heteroatoms. The Balaban J connectivity index is 1.74. The maximum Gasteiger partial charge on any atom is 0.320 e. The summed E-state index contributed by atoms with van der Waals surface area (Å²) in [5.74, 6) is 0.0824. The molecule has 0 aromatic rings. The fourth-order valence-corrected chi connectivity index (χ4v) is 3.56. The number of methoxy groups -OCH3 is 1. The monoisotopic (exact) mass is 340 g/mol. The molecule has 1 atom stereocenters. The zero-order valence-electron chi connectivity index (χ0n) is 15.3. The lowest BCUT2D eigenvalue weighted by Crippen LogP contribution is -2.52. The number of ether oxygens (including phenoxy) is 1. The number of hydrogen-bond donors (Lipinski definition) is 1. The highest BCUT2D eigenvalue weighted by atomic mass is 16.5. The number of nitrogens with zero attached hydrogens (tertiary/aromatic N) is 3. The molecule has 0 aromatic carbocycles. The summed E-state index contributed by atoms with van der Waals surface area (Å²) in [6, 6.07) is 0.386. The van der Waals surface area contributed by atoms with Gasteiger partial charge < -0.3 is 19.9 Å². The number of rotatable bonds is 8. The van der Waals surface area contributed by atoms with Crippen LogP contribution in [0, 0.1) is 0 Å². The van der Waals surface area contributed by atoms with Gasteiger partial charge in [-0.05, 0) is 33.1 Å². The Labute approximate surface area is 145 Å². The molecule has 0 spiro atoms. The molecule has 2 saturated heterocycles. The smallest absolute Gasteiger partial charge is 0.320 e. The van der Waals surface area contributed by atoms with Gasteiger partial charge in [-0.15, -0.1) is 0 Å². The predicted molar refractivity (Wildman–Crippen MR) is 92.9 cm³/mol. The van der Waals surface area contributed by atoms with Crippen LogP contribution in [0.1, 0.15) is 33.1 Å². The van der Waals surface area contributed by atoms with Gasteiger partial charge in [0, 0.05) is 59.0 Å². The highest BCUT2D eigenvalue weighted by Crippen LogP contribution is 2.22. The van der Waals surface area contributed by atoms with Crippen molar-refractivity contribution < 1.29 is 14.3 Å². The Morgan fingerprint density at radius 2 is 2.00 bits per heavy atom. The Morgan fingerprint density at radius 3 is 2.58 bits per heavy atom. The average molecular weight is 340 g/mol. The van der Waals surface area contributed by atoms with E-state index in [1.54, 1.807) is 7.11 Å². The molecular weight excluding hydrogens is 308 g/mol. The highest BCUT2D eigenvalue weighted by molar-refractivity contribution is 5.81. The number of likely N-dealkylation sites (N-methyl/N-ethyl adjacent to an activating group) is 1. The third-order valence-corrected chi connectivity index (χ3v) is 5.20. The van der Waals surface area contributed by atoms with E-state index in [9.17, 15) is 9.59 Å². The molecule has 2 aliphatic heterocycles. The molecule has 2 heterocycles. The molecule has 138 valence electrons. The van der Waals surface area contributed by atoms with Gasteiger partial charge >= 0.3 is 6.03 Å². The number of urea groups is 1. The van der Waals surface area contributed by atoms with Crippen LogP contribution in [0.15, 0.2) is 0 Å². The minimum Gasteiger partial charge on any atom is -0.385 e. The topological polar surface area (TPSA) is 65.1 Å². The van der Waals surface area contributed by atoms with Crippen LogP contribution in [0.4, 0.5) is 4.79 Å². The first kappa shape index (κ1) is 19.0. The van der Waals surface area contributed by atoms with Crippen molar-refractivity contribution in [3.63, 3.8) is 0 Å². The number of hydrogen-bond acceptors (Lipinski definition) is 4. The van der Waals surface area contributed by atoms with E-state index in [1.165, 1.54) is 0 Å². The number of amides is 3. The summed E-state index contributed by atoms with van der Waals surface area (Å²) in [5, 5.41) is 2.97. The number of carbonyl (C=O) groups is 2. The molecular formula is C17H32N4O3. The van der Waals surface area contributed by atoms with Crippen LogP contribution >= 0.6 is 0 Å². The molecule has 1 N–H and O–H groups in total. The SMILES string of the molecule is CCN1CCN(C2CCN([C@@H](C)C(=O)NCCCOC)CC2)C1=O. The first-order valence-corrected chi connectivity index (χ1v) is 9.14. The van der Waals surface area contributed by atoms with E-state index >= 15 is 0 Å². The molecule has 0 saturated carbocycles. The second kappa shape index (κ2) is 9.22. The van der Waals surface area contributed by atoms with E-state index in [-0.39, 0.29) is 18.0 Å². The number of carbonyl (C=O) groups excluding carboxylic acids is 2. The van der Waals surface area contributed by atoms with Gasteiger partial charge in [-0.25, -0.2) is 4.79 Å². The molecule has 0 aliphatic carbocycles. The number of likely N-dealkylation sites (tertiary alicyclic amines) is 1. The van der Waals surface area contributed by atoms with Crippen LogP contribution < -0.4 is 5.32 Å². The summed E-state index contributed by atoms with van der Waals surface area (Å²) in [6.45, 7) is 9.52. The maximum atomic E-state index is 12.3. The minimum atomic E-state index is -0.116. The Morgan fingerprint density at radius 1 is 1.29 bits per heavy atom. The standard InChI is InChI=1S/C17H32N4O3/c1-4-19-11-12-21(17(19)23)15-6-9-20(10-7-15)14(2)16(22)18-8-5-13-24-3/h14-15H,4-13H2,1-3H3,(H,18,22)/t14-/m0/s1. The van der Waals surface area contributed by atoms with Crippen molar-refractivity contribution >= 4 is 11.9 Å². The summed E-state index contributed by atoms with van der Waals surface area (Å²) in [5.41, 5.74) is 0. The maximum absolute atomic E-state index is 12.3. The summed E-state index contributed by atoms with van der Waals surface area (Å²) < 4.78 is 4.99. The summed E-state index contributed by atoms with van der Waals surface area (Å²) in [7, 11) is 1.67. The molecule has 0 bridgehead atoms. The van der Waals surface area contributed by atoms with Crippen molar-refractivity contribution in [2.75, 3.05) is 53.0 Å². The van der Waals surface area contributed by atoms with Gasteiger partial charge in [-0.3, -0.25) is 9.69 Å². The van der Waals surface area contributed by atoms with Gasteiger partial charge in [-0.2, -0.15) is 0 Å². The first-order chi connectivity index (χ1) is 11.6. The lowest BCUT2D eigenvalue weighted by atomic mass is 10.0. The van der Waals surface area contributed by atoms with Crippen LogP contribution in [-0.2, 0) is 9.53 Å². The first-order valence-electron chi connectivity index (χ1n) is 9.14. The Bertz CT molecular complexity index is 424. The second-order valence-corrected chi connectivity index (χ2v) is 6.64. The number of nitrogens with one attached hydrogen (secondary N) is 1. The van der Waals surface area contributed by atoms with Crippen molar-refractivity contribution in [1.29, 1.82) is 0 Å². The minimum absolute atomic E-state index is 0.0824. The van der Waals surface area contributed by atoms with Gasteiger partial charge in [0.2, 0.25) is 5.91 Å². The van der Waals surface area contributed by atoms with E-state index in [4.69, 9.17) is 4.74 Å². The fraction of sp³-hybridized carbons (Fsp3) is 0.882. The van der Waals surface area contributed by atoms with Gasteiger partial charge in [0.1, 0.15) is 0 Å². The van der Waals surface area contributed by atoms with Gasteiger partial charge in [0.05, 0.1) is 6.04 Å². The van der Waals surface area contributed by atoms with Crippen LogP contribution in [0.3, 0.4) is 0 Å². The molecule has 3 amide bonds. The van der Waals surface area contributed by atoms with E-state index < -0.39 is 0 Å². The zero-order valence-corrected chi connectivity index (χ0v) is 15.3. The van der Waals surface area contributed by atoms with E-state index in [1.807, 2.05) is 23.6 Å². The van der Waals surface area contributed by atoms with Gasteiger partial charge in [-0.1, -0.05) is 0 Å². The molecule has 24 heavy (non-hydrogen) atoms. The normalized spacial score (nSPS) is 21.4. The molecule has 2 fully saturated rings. The number of piperidine rings is 1. The molecule has 0 aromatic heterocycles. The van der Waals surface area contributed by atoms with Crippen molar-refractivity contribution in [2.24, 2.45) is 0 Å². The molecule has 0 radical (unpaired) electrons. The van der Waals surface area contributed by atoms with Crippen LogP contribution in [0.2, 0.25) is 0 Å². The van der Waals surface area contributed by atoms with Crippen LogP contribution in [0.25, 0.3) is 0 Å². The summed E-state index contributed by atoms with van der Waals surface area (Å²) >= 11 is 0. The van der Waals surface area contributed by atoms with E-state index in [2.05, 4.69) is 10.2 Å². The van der Waals surface area contributed by atoms with Crippen molar-refractivity contribution in [3.8, 4) is 0 Å². The quantitative estimate of drug-likeness (QED) is 0.662. The highest BCUT2D eigenvalue weighted by Gasteiger charge is 2.35. The van der Waals surface area contributed by atoms with Crippen LogP contribution in [-0.4, -0.2) is 91.7 Å². The molecule has 2 aliphatic rings. The molecule has 7 nitrogen and oxygen atoms in total. The third-order valence-electron chi connectivity index (χ3n) is 5.20. The van der Waals surface area contributed by atoms with Crippen LogP contribution in [0.5, 0.6) is 0 Å². The lowest BCUT2D eigenvalue weighted by molar-refractivity contribution is -0.126. The Kier molecular flexibility index (Phi) is 7.30. The largest absolute Gasteiger partial charge is 0.385 e. The van der Waals surface area contributed by atoms with Gasteiger partial charge in [0.25, 0.3) is 0 Å². The Hall–Kier alpha value is -1.34. The van der Waals surface area contributed by atoms with Crippen molar-refractivity contribution in [3.05, 3.63) is 0 Å². The van der Waals surface area contributed by atoms with E-state index in [0.717, 1.165) is 52.0 Å². The van der Waals surface area contributed by atoms with Crippen molar-refractivity contribution in [1.82, 2.24) is 20.0 Å². The molecule has 2 rings (SSSR count). The summed E-state index contributed by atoms with van der Waals surface area (Å²) in [6.07, 6.45) is 2.73. The fourth-order valence-electron chi connectivity index (χ4n) is 3.56. The lowest BCUT2D eigenvalue weighted by Gasteiger charge is -2.38. The van der Waals surface area contributed by atoms with Gasteiger partial charge in [0.15, 0.2) is 0 Å². The average Bonchev–Trinajstić information content (AvgIpc) is 2.98. The predicted octanol–water partition coefficient (Wildman–Crippen LogP) is 0.750. The molecule has 0 unspecified atom stereocenters.